The lowest BCUT2D eigenvalue weighted by Gasteiger charge is -2.12. The van der Waals surface area contributed by atoms with Crippen molar-refractivity contribution >= 4 is 27.0 Å². The highest BCUT2D eigenvalue weighted by atomic mass is 79.9. The van der Waals surface area contributed by atoms with Crippen LogP contribution in [0.25, 0.3) is 11.0 Å². The summed E-state index contributed by atoms with van der Waals surface area (Å²) in [7, 11) is 0. The Hall–Kier alpha value is -1.85. The van der Waals surface area contributed by atoms with Crippen molar-refractivity contribution < 1.29 is 9.50 Å². The largest absolute Gasteiger partial charge is 0.386 e. The van der Waals surface area contributed by atoms with Crippen molar-refractivity contribution in [2.75, 3.05) is 0 Å². The van der Waals surface area contributed by atoms with E-state index in [0.29, 0.717) is 16.6 Å². The van der Waals surface area contributed by atoms with Gasteiger partial charge in [0.1, 0.15) is 11.9 Å². The number of hydrogen-bond donors (Lipinski definition) is 1. The molecule has 1 heterocycles. The van der Waals surface area contributed by atoms with E-state index in [0.717, 1.165) is 16.6 Å². The Labute approximate surface area is 129 Å². The summed E-state index contributed by atoms with van der Waals surface area (Å²) in [5.41, 5.74) is 2.85. The van der Waals surface area contributed by atoms with Gasteiger partial charge in [0.05, 0.1) is 22.9 Å². The molecule has 0 spiro atoms. The van der Waals surface area contributed by atoms with Crippen LogP contribution in [0, 0.1) is 5.82 Å². The molecule has 1 N–H and O–H groups in total. The zero-order chi connectivity index (χ0) is 14.8. The van der Waals surface area contributed by atoms with Crippen molar-refractivity contribution in [1.82, 2.24) is 9.97 Å². The first kappa shape index (κ1) is 14.1. The maximum atomic E-state index is 13.1. The lowest BCUT2D eigenvalue weighted by molar-refractivity contribution is 0.173. The summed E-state index contributed by atoms with van der Waals surface area (Å²) in [6.07, 6.45) is 1.13. The first-order chi connectivity index (χ1) is 10.1. The summed E-state index contributed by atoms with van der Waals surface area (Å²) in [6, 6.07) is 11.9. The van der Waals surface area contributed by atoms with Crippen LogP contribution in [0.15, 0.2) is 53.1 Å². The number of nitrogens with zero attached hydrogens (tertiary/aromatic N) is 2. The summed E-state index contributed by atoms with van der Waals surface area (Å²) in [5, 5.41) is 10.3. The zero-order valence-corrected chi connectivity index (χ0v) is 12.6. The Morgan fingerprint density at radius 1 is 1.14 bits per heavy atom. The third kappa shape index (κ3) is 3.09. The predicted molar refractivity (Wildman–Crippen MR) is 82.3 cm³/mol. The average Bonchev–Trinajstić information content (AvgIpc) is 2.49. The highest BCUT2D eigenvalue weighted by Crippen LogP contribution is 2.24. The Balaban J connectivity index is 1.87. The van der Waals surface area contributed by atoms with Gasteiger partial charge >= 0.3 is 0 Å². The van der Waals surface area contributed by atoms with Crippen molar-refractivity contribution in [3.05, 3.63) is 70.2 Å². The lowest BCUT2D eigenvalue weighted by Crippen LogP contribution is -2.06. The minimum atomic E-state index is -0.788. The second kappa shape index (κ2) is 5.87. The molecule has 1 atom stereocenters. The minimum Gasteiger partial charge on any atom is -0.386 e. The van der Waals surface area contributed by atoms with E-state index in [1.165, 1.54) is 12.1 Å². The van der Waals surface area contributed by atoms with Gasteiger partial charge in [-0.2, -0.15) is 0 Å². The van der Waals surface area contributed by atoms with Crippen LogP contribution in [-0.4, -0.2) is 15.1 Å². The van der Waals surface area contributed by atoms with Gasteiger partial charge in [0.15, 0.2) is 0 Å². The smallest absolute Gasteiger partial charge is 0.124 e. The van der Waals surface area contributed by atoms with Gasteiger partial charge in [-0.15, -0.1) is 0 Å². The molecule has 1 unspecified atom stereocenters. The molecular formula is C16H12BrFN2O. The number of rotatable bonds is 3. The molecule has 0 aliphatic heterocycles. The molecule has 0 amide bonds. The molecule has 0 aliphatic rings. The highest BCUT2D eigenvalue weighted by Gasteiger charge is 2.13. The first-order valence-corrected chi connectivity index (χ1v) is 7.26. The van der Waals surface area contributed by atoms with Gasteiger partial charge in [-0.1, -0.05) is 34.1 Å². The normalized spacial score (nSPS) is 12.5. The molecule has 2 aromatic carbocycles. The SMILES string of the molecule is OC(Cc1ccc(F)cc1Br)c1cnc2ccccc2n1. The summed E-state index contributed by atoms with van der Waals surface area (Å²) in [6.45, 7) is 0. The van der Waals surface area contributed by atoms with E-state index in [1.54, 1.807) is 12.3 Å². The number of aromatic nitrogens is 2. The molecule has 5 heteroatoms. The number of fused-ring (bicyclic) bond motifs is 1. The van der Waals surface area contributed by atoms with Crippen molar-refractivity contribution in [3.63, 3.8) is 0 Å². The summed E-state index contributed by atoms with van der Waals surface area (Å²) < 4.78 is 13.7. The Kier molecular flexibility index (Phi) is 3.94. The predicted octanol–water partition coefficient (Wildman–Crippen LogP) is 3.81. The number of halogens is 2. The van der Waals surface area contributed by atoms with Gasteiger partial charge in [0.2, 0.25) is 0 Å². The fourth-order valence-electron chi connectivity index (χ4n) is 2.13. The minimum absolute atomic E-state index is 0.314. The zero-order valence-electron chi connectivity index (χ0n) is 11.0. The lowest BCUT2D eigenvalue weighted by atomic mass is 10.1. The number of benzene rings is 2. The molecule has 0 aliphatic carbocycles. The maximum absolute atomic E-state index is 13.1. The third-order valence-electron chi connectivity index (χ3n) is 3.24. The van der Waals surface area contributed by atoms with Crippen LogP contribution in [0.5, 0.6) is 0 Å². The van der Waals surface area contributed by atoms with Gasteiger partial charge in [-0.3, -0.25) is 4.98 Å². The quantitative estimate of drug-likeness (QED) is 0.784. The van der Waals surface area contributed by atoms with E-state index in [4.69, 9.17) is 0 Å². The van der Waals surface area contributed by atoms with E-state index in [-0.39, 0.29) is 5.82 Å². The van der Waals surface area contributed by atoms with Gasteiger partial charge in [0.25, 0.3) is 0 Å². The molecule has 3 rings (SSSR count). The van der Waals surface area contributed by atoms with Crippen LogP contribution in [-0.2, 0) is 6.42 Å². The van der Waals surface area contributed by atoms with Crippen LogP contribution in [0.2, 0.25) is 0 Å². The van der Waals surface area contributed by atoms with Crippen molar-refractivity contribution in [3.8, 4) is 0 Å². The van der Waals surface area contributed by atoms with Crippen molar-refractivity contribution in [2.24, 2.45) is 0 Å². The molecular weight excluding hydrogens is 335 g/mol. The number of hydrogen-bond acceptors (Lipinski definition) is 3. The van der Waals surface area contributed by atoms with E-state index >= 15 is 0 Å². The molecule has 0 saturated carbocycles. The second-order valence-electron chi connectivity index (χ2n) is 4.74. The van der Waals surface area contributed by atoms with Gasteiger partial charge in [-0.25, -0.2) is 9.37 Å². The second-order valence-corrected chi connectivity index (χ2v) is 5.59. The van der Waals surface area contributed by atoms with Crippen LogP contribution < -0.4 is 0 Å². The van der Waals surface area contributed by atoms with Crippen molar-refractivity contribution in [1.29, 1.82) is 0 Å². The maximum Gasteiger partial charge on any atom is 0.124 e. The van der Waals surface area contributed by atoms with Gasteiger partial charge in [0, 0.05) is 10.9 Å². The number of para-hydroxylation sites is 2. The average molecular weight is 347 g/mol. The molecule has 0 saturated heterocycles. The van der Waals surface area contributed by atoms with Crippen LogP contribution in [0.1, 0.15) is 17.4 Å². The monoisotopic (exact) mass is 346 g/mol. The molecule has 0 fully saturated rings. The first-order valence-electron chi connectivity index (χ1n) is 6.47. The number of aliphatic hydroxyl groups is 1. The standard InChI is InChI=1S/C16H12BrFN2O/c17-12-8-11(18)6-5-10(12)7-16(21)15-9-19-13-3-1-2-4-14(13)20-15/h1-6,8-9,16,21H,7H2. The molecule has 0 bridgehead atoms. The molecule has 1 aromatic heterocycles. The van der Waals surface area contributed by atoms with Crippen LogP contribution >= 0.6 is 15.9 Å². The van der Waals surface area contributed by atoms with Gasteiger partial charge < -0.3 is 5.11 Å². The summed E-state index contributed by atoms with van der Waals surface area (Å²) in [4.78, 5) is 8.70. The van der Waals surface area contributed by atoms with Crippen LogP contribution in [0.4, 0.5) is 4.39 Å². The highest BCUT2D eigenvalue weighted by molar-refractivity contribution is 9.10. The fraction of sp³-hybridized carbons (Fsp3) is 0.125. The van der Waals surface area contributed by atoms with Crippen LogP contribution in [0.3, 0.4) is 0 Å². The Morgan fingerprint density at radius 2 is 1.90 bits per heavy atom. The molecule has 106 valence electrons. The van der Waals surface area contributed by atoms with Crippen molar-refractivity contribution in [2.45, 2.75) is 12.5 Å². The summed E-state index contributed by atoms with van der Waals surface area (Å²) >= 11 is 3.30. The van der Waals surface area contributed by atoms with E-state index in [2.05, 4.69) is 25.9 Å². The third-order valence-corrected chi connectivity index (χ3v) is 3.98. The molecule has 3 nitrogen and oxygen atoms in total. The summed E-state index contributed by atoms with van der Waals surface area (Å²) in [5.74, 6) is -0.314. The van der Waals surface area contributed by atoms with Gasteiger partial charge in [-0.05, 0) is 29.8 Å². The molecule has 3 aromatic rings. The molecule has 21 heavy (non-hydrogen) atoms. The van der Waals surface area contributed by atoms with E-state index in [1.807, 2.05) is 24.3 Å². The van der Waals surface area contributed by atoms with E-state index in [9.17, 15) is 9.50 Å². The molecule has 0 radical (unpaired) electrons. The number of aliphatic hydroxyl groups excluding tert-OH is 1. The Morgan fingerprint density at radius 3 is 2.67 bits per heavy atom. The van der Waals surface area contributed by atoms with E-state index < -0.39 is 6.10 Å². The Bertz CT molecular complexity index is 794. The fourth-order valence-corrected chi connectivity index (χ4v) is 2.64. The topological polar surface area (TPSA) is 46.0 Å².